The predicted molar refractivity (Wildman–Crippen MR) is 123 cm³/mol. The Bertz CT molecular complexity index is 1360. The van der Waals surface area contributed by atoms with Crippen LogP contribution in [0.5, 0.6) is 0 Å². The molecule has 0 N–H and O–H groups in total. The second kappa shape index (κ2) is 8.51. The van der Waals surface area contributed by atoms with E-state index in [4.69, 9.17) is 4.98 Å². The summed E-state index contributed by atoms with van der Waals surface area (Å²) in [5.41, 5.74) is 2.89. The van der Waals surface area contributed by atoms with E-state index in [0.29, 0.717) is 17.6 Å². The smallest absolute Gasteiger partial charge is 0.291 e. The van der Waals surface area contributed by atoms with Crippen LogP contribution < -0.4 is 11.2 Å². The van der Waals surface area contributed by atoms with Crippen LogP contribution in [0.2, 0.25) is 0 Å². The number of rotatable bonds is 5. The molecule has 4 aromatic rings. The Morgan fingerprint density at radius 1 is 0.938 bits per heavy atom. The van der Waals surface area contributed by atoms with Gasteiger partial charge in [0.15, 0.2) is 0 Å². The van der Waals surface area contributed by atoms with Crippen LogP contribution in [0.3, 0.4) is 0 Å². The van der Waals surface area contributed by atoms with Crippen molar-refractivity contribution in [3.05, 3.63) is 105 Å². The zero-order valence-electron chi connectivity index (χ0n) is 18.0. The molecule has 1 saturated heterocycles. The first-order chi connectivity index (χ1) is 15.6. The standard InChI is InChI=1S/C25H25N5O2/c1-28-24(31)20-9-10-21(22-8-5-15-29(22)16-19-11-13-26-14-12-19)27-23(20)30(25(28)32)17-18-6-3-2-4-7-18/h2-4,6-7,9-14,22H,5,8,15-17H2,1H3/t22-/m0/s1. The molecule has 7 heteroatoms. The van der Waals surface area contributed by atoms with E-state index in [-0.39, 0.29) is 17.3 Å². The summed E-state index contributed by atoms with van der Waals surface area (Å²) in [6.07, 6.45) is 5.71. The van der Waals surface area contributed by atoms with Crippen molar-refractivity contribution in [3.8, 4) is 0 Å². The molecule has 162 valence electrons. The van der Waals surface area contributed by atoms with E-state index in [1.165, 1.54) is 12.6 Å². The number of likely N-dealkylation sites (tertiary alicyclic amines) is 1. The fraction of sp³-hybridized carbons (Fsp3) is 0.280. The van der Waals surface area contributed by atoms with Gasteiger partial charge in [-0.05, 0) is 54.8 Å². The van der Waals surface area contributed by atoms with Crippen LogP contribution in [0.4, 0.5) is 0 Å². The van der Waals surface area contributed by atoms with Gasteiger partial charge in [-0.15, -0.1) is 0 Å². The van der Waals surface area contributed by atoms with Gasteiger partial charge in [-0.3, -0.25) is 23.8 Å². The minimum atomic E-state index is -0.351. The lowest BCUT2D eigenvalue weighted by Gasteiger charge is -2.24. The molecule has 4 heterocycles. The zero-order valence-corrected chi connectivity index (χ0v) is 18.0. The van der Waals surface area contributed by atoms with Crippen LogP contribution in [0.1, 0.15) is 35.7 Å². The summed E-state index contributed by atoms with van der Waals surface area (Å²) in [5, 5.41) is 0.463. The van der Waals surface area contributed by atoms with Gasteiger partial charge in [0, 0.05) is 26.0 Å². The third-order valence-corrected chi connectivity index (χ3v) is 6.23. The minimum absolute atomic E-state index is 0.150. The monoisotopic (exact) mass is 427 g/mol. The molecule has 5 rings (SSSR count). The van der Waals surface area contributed by atoms with Crippen molar-refractivity contribution < 1.29 is 0 Å². The number of fused-ring (bicyclic) bond motifs is 1. The molecule has 0 bridgehead atoms. The summed E-state index contributed by atoms with van der Waals surface area (Å²) in [4.78, 5) is 37.2. The topological polar surface area (TPSA) is 73.0 Å². The lowest BCUT2D eigenvalue weighted by Crippen LogP contribution is -2.39. The maximum atomic E-state index is 13.0. The largest absolute Gasteiger partial charge is 0.332 e. The first-order valence-electron chi connectivity index (χ1n) is 10.9. The molecular formula is C25H25N5O2. The normalized spacial score (nSPS) is 16.6. The molecule has 1 aromatic carbocycles. The first-order valence-corrected chi connectivity index (χ1v) is 10.9. The molecule has 0 saturated carbocycles. The highest BCUT2D eigenvalue weighted by atomic mass is 16.2. The third-order valence-electron chi connectivity index (χ3n) is 6.23. The van der Waals surface area contributed by atoms with E-state index in [2.05, 4.69) is 9.88 Å². The maximum Gasteiger partial charge on any atom is 0.332 e. The second-order valence-corrected chi connectivity index (χ2v) is 8.31. The van der Waals surface area contributed by atoms with E-state index in [0.717, 1.165) is 41.8 Å². The van der Waals surface area contributed by atoms with Gasteiger partial charge in [-0.1, -0.05) is 30.3 Å². The zero-order chi connectivity index (χ0) is 22.1. The van der Waals surface area contributed by atoms with Crippen molar-refractivity contribution in [2.24, 2.45) is 7.05 Å². The van der Waals surface area contributed by atoms with E-state index in [9.17, 15) is 9.59 Å². The molecule has 3 aromatic heterocycles. The van der Waals surface area contributed by atoms with Gasteiger partial charge in [0.2, 0.25) is 0 Å². The summed E-state index contributed by atoms with van der Waals surface area (Å²) in [6.45, 7) is 2.17. The summed E-state index contributed by atoms with van der Waals surface area (Å²) in [6, 6.07) is 17.8. The highest BCUT2D eigenvalue weighted by Crippen LogP contribution is 2.32. The third kappa shape index (κ3) is 3.76. The molecular weight excluding hydrogens is 402 g/mol. The summed E-state index contributed by atoms with van der Waals surface area (Å²) in [7, 11) is 1.52. The van der Waals surface area contributed by atoms with Crippen LogP contribution in [0.15, 0.2) is 76.6 Å². The molecule has 0 aliphatic carbocycles. The molecule has 32 heavy (non-hydrogen) atoms. The van der Waals surface area contributed by atoms with E-state index < -0.39 is 0 Å². The molecule has 0 amide bonds. The molecule has 1 aliphatic heterocycles. The van der Waals surface area contributed by atoms with Crippen molar-refractivity contribution in [1.82, 2.24) is 24.0 Å². The Hall–Kier alpha value is -3.58. The highest BCUT2D eigenvalue weighted by Gasteiger charge is 2.28. The Labute approximate surface area is 185 Å². The van der Waals surface area contributed by atoms with Crippen molar-refractivity contribution in [2.45, 2.75) is 32.0 Å². The van der Waals surface area contributed by atoms with E-state index in [1.807, 2.05) is 67.0 Å². The number of nitrogens with zero attached hydrogens (tertiary/aromatic N) is 5. The van der Waals surface area contributed by atoms with Gasteiger partial charge in [-0.2, -0.15) is 0 Å². The van der Waals surface area contributed by atoms with Crippen molar-refractivity contribution >= 4 is 11.0 Å². The predicted octanol–water partition coefficient (Wildman–Crippen LogP) is 2.88. The van der Waals surface area contributed by atoms with Crippen molar-refractivity contribution in [2.75, 3.05) is 6.54 Å². The van der Waals surface area contributed by atoms with Gasteiger partial charge in [0.1, 0.15) is 5.65 Å². The highest BCUT2D eigenvalue weighted by molar-refractivity contribution is 5.74. The number of pyridine rings is 2. The van der Waals surface area contributed by atoms with Crippen molar-refractivity contribution in [1.29, 1.82) is 0 Å². The Morgan fingerprint density at radius 3 is 2.47 bits per heavy atom. The number of hydrogen-bond acceptors (Lipinski definition) is 5. The Morgan fingerprint density at radius 2 is 1.69 bits per heavy atom. The average molecular weight is 428 g/mol. The lowest BCUT2D eigenvalue weighted by molar-refractivity contribution is 0.244. The van der Waals surface area contributed by atoms with Crippen LogP contribution in [0.25, 0.3) is 11.0 Å². The van der Waals surface area contributed by atoms with Crippen LogP contribution in [-0.2, 0) is 20.1 Å². The van der Waals surface area contributed by atoms with Crippen LogP contribution in [0, 0.1) is 0 Å². The molecule has 0 radical (unpaired) electrons. The molecule has 7 nitrogen and oxygen atoms in total. The van der Waals surface area contributed by atoms with Crippen LogP contribution in [-0.4, -0.2) is 30.5 Å². The maximum absolute atomic E-state index is 13.0. The summed E-state index contributed by atoms with van der Waals surface area (Å²) in [5.74, 6) is 0. The van der Waals surface area contributed by atoms with E-state index in [1.54, 1.807) is 4.57 Å². The minimum Gasteiger partial charge on any atom is -0.291 e. The molecule has 1 atom stereocenters. The number of aromatic nitrogens is 4. The Kier molecular flexibility index (Phi) is 5.41. The van der Waals surface area contributed by atoms with E-state index >= 15 is 0 Å². The van der Waals surface area contributed by atoms with Gasteiger partial charge >= 0.3 is 5.69 Å². The quantitative estimate of drug-likeness (QED) is 0.490. The summed E-state index contributed by atoms with van der Waals surface area (Å²) < 4.78 is 2.77. The molecule has 1 aliphatic rings. The van der Waals surface area contributed by atoms with Gasteiger partial charge in [0.25, 0.3) is 5.56 Å². The molecule has 0 unspecified atom stereocenters. The molecule has 1 fully saturated rings. The number of hydrogen-bond donors (Lipinski definition) is 0. The fourth-order valence-electron chi connectivity index (χ4n) is 4.54. The molecule has 0 spiro atoms. The van der Waals surface area contributed by atoms with Gasteiger partial charge in [-0.25, -0.2) is 9.78 Å². The Balaban J connectivity index is 1.58. The lowest BCUT2D eigenvalue weighted by atomic mass is 10.1. The van der Waals surface area contributed by atoms with Gasteiger partial charge < -0.3 is 0 Å². The van der Waals surface area contributed by atoms with Crippen molar-refractivity contribution in [3.63, 3.8) is 0 Å². The first kappa shape index (κ1) is 20.3. The average Bonchev–Trinajstić information content (AvgIpc) is 3.29. The second-order valence-electron chi connectivity index (χ2n) is 8.31. The number of benzene rings is 1. The van der Waals surface area contributed by atoms with Crippen LogP contribution >= 0.6 is 0 Å². The SMILES string of the molecule is Cn1c(=O)c2ccc([C@@H]3CCCN3Cc3ccncc3)nc2n(Cc2ccccc2)c1=O. The fourth-order valence-corrected chi connectivity index (χ4v) is 4.54. The van der Waals surface area contributed by atoms with Gasteiger partial charge in [0.05, 0.1) is 23.7 Å². The summed E-state index contributed by atoms with van der Waals surface area (Å²) >= 11 is 0.